The van der Waals surface area contributed by atoms with E-state index in [-0.39, 0.29) is 11.6 Å². The predicted octanol–water partition coefficient (Wildman–Crippen LogP) is 9.12. The fourth-order valence-electron chi connectivity index (χ4n) is 5.53. The van der Waals surface area contributed by atoms with E-state index in [1.165, 1.54) is 5.56 Å². The minimum Gasteiger partial charge on any atom is -0.355 e. The summed E-state index contributed by atoms with van der Waals surface area (Å²) in [4.78, 5) is 33.9. The van der Waals surface area contributed by atoms with Gasteiger partial charge in [0.1, 0.15) is 0 Å². The first-order chi connectivity index (χ1) is 20.0. The lowest BCUT2D eigenvalue weighted by Gasteiger charge is -2.22. The smallest absolute Gasteiger partial charge is 0.196 e. The van der Waals surface area contributed by atoms with Crippen molar-refractivity contribution < 1.29 is 9.59 Å². The number of H-pyrrole nitrogens is 1. The molecule has 0 aliphatic heterocycles. The molecule has 0 amide bonds. The Morgan fingerprint density at radius 3 is 2.05 bits per heavy atom. The van der Waals surface area contributed by atoms with Crippen molar-refractivity contribution in [2.75, 3.05) is 5.32 Å². The number of nitrogens with one attached hydrogen (secondary N) is 2. The van der Waals surface area contributed by atoms with Gasteiger partial charge in [0.15, 0.2) is 11.6 Å². The fraction of sp³-hybridized carbons (Fsp3) is 0.0556. The molecule has 0 bridgehead atoms. The Bertz CT molecular complexity index is 1990. The Balaban J connectivity index is 1.54. The van der Waals surface area contributed by atoms with E-state index in [4.69, 9.17) is 0 Å². The Labute approximate surface area is 242 Å². The fourth-order valence-corrected chi connectivity index (χ4v) is 6.58. The van der Waals surface area contributed by atoms with E-state index in [1.807, 2.05) is 61.5 Å². The number of hydrogen-bond donors (Lipinski definition) is 2. The summed E-state index contributed by atoms with van der Waals surface area (Å²) < 4.78 is 0. The molecular weight excluding hydrogens is 524 g/mol. The number of hydrogen-bond acceptors (Lipinski definition) is 4. The van der Waals surface area contributed by atoms with Crippen LogP contribution in [0, 0.1) is 13.8 Å². The second-order valence-corrected chi connectivity index (χ2v) is 11.5. The highest BCUT2D eigenvalue weighted by atomic mass is 32.2. The van der Waals surface area contributed by atoms with E-state index in [1.54, 1.807) is 30.0 Å². The molecule has 1 aromatic heterocycles. The lowest BCUT2D eigenvalue weighted by Crippen LogP contribution is -2.22. The lowest BCUT2D eigenvalue weighted by atomic mass is 9.82. The summed E-state index contributed by atoms with van der Waals surface area (Å²) >= 11 is 1.65. The molecule has 5 aromatic carbocycles. The van der Waals surface area contributed by atoms with Gasteiger partial charge < -0.3 is 10.3 Å². The van der Waals surface area contributed by atoms with Crippen LogP contribution in [-0.4, -0.2) is 16.6 Å². The van der Waals surface area contributed by atoms with E-state index in [2.05, 4.69) is 53.6 Å². The third kappa shape index (κ3) is 4.35. The van der Waals surface area contributed by atoms with Gasteiger partial charge in [-0.1, -0.05) is 96.2 Å². The highest BCUT2D eigenvalue weighted by Crippen LogP contribution is 2.46. The summed E-state index contributed by atoms with van der Waals surface area (Å²) in [6.45, 7) is 4.11. The number of aromatic nitrogens is 1. The molecule has 41 heavy (non-hydrogen) atoms. The highest BCUT2D eigenvalue weighted by molar-refractivity contribution is 7.99. The normalized spacial score (nSPS) is 12.3. The highest BCUT2D eigenvalue weighted by Gasteiger charge is 2.35. The van der Waals surface area contributed by atoms with Crippen LogP contribution in [0.15, 0.2) is 119 Å². The molecule has 1 aliphatic rings. The van der Waals surface area contributed by atoms with E-state index >= 15 is 0 Å². The van der Waals surface area contributed by atoms with Gasteiger partial charge in [-0.05, 0) is 55.3 Å². The van der Waals surface area contributed by atoms with Crippen molar-refractivity contribution in [3.63, 3.8) is 0 Å². The summed E-state index contributed by atoms with van der Waals surface area (Å²) in [5.74, 6) is -0.309. The van der Waals surface area contributed by atoms with Crippen molar-refractivity contribution in [1.82, 2.24) is 4.98 Å². The zero-order valence-electron chi connectivity index (χ0n) is 22.6. The number of benzene rings is 5. The third-order valence-corrected chi connectivity index (χ3v) is 8.66. The number of anilines is 2. The third-order valence-electron chi connectivity index (χ3n) is 7.52. The first-order valence-electron chi connectivity index (χ1n) is 13.5. The van der Waals surface area contributed by atoms with Crippen LogP contribution in [0.25, 0.3) is 22.2 Å². The van der Waals surface area contributed by atoms with E-state index in [9.17, 15) is 9.59 Å². The molecule has 1 heterocycles. The Morgan fingerprint density at radius 1 is 0.659 bits per heavy atom. The van der Waals surface area contributed by atoms with E-state index in [0.29, 0.717) is 33.5 Å². The number of carbonyl (C=O) groups is 2. The molecule has 0 fully saturated rings. The number of aryl methyl sites for hydroxylation is 2. The van der Waals surface area contributed by atoms with Crippen molar-refractivity contribution >= 4 is 45.6 Å². The molecule has 0 atom stereocenters. The van der Waals surface area contributed by atoms with Crippen molar-refractivity contribution in [1.29, 1.82) is 0 Å². The zero-order chi connectivity index (χ0) is 28.1. The minimum atomic E-state index is -0.157. The lowest BCUT2D eigenvalue weighted by molar-refractivity contribution is 0.0981. The second-order valence-electron chi connectivity index (χ2n) is 10.4. The quantitative estimate of drug-likeness (QED) is 0.224. The van der Waals surface area contributed by atoms with Crippen LogP contribution in [0.2, 0.25) is 0 Å². The number of ketones is 2. The first kappa shape index (κ1) is 25.1. The maximum atomic E-state index is 14.2. The van der Waals surface area contributed by atoms with Crippen LogP contribution in [0.1, 0.15) is 43.0 Å². The molecule has 198 valence electrons. The molecule has 0 radical (unpaired) electrons. The second kappa shape index (κ2) is 9.95. The largest absolute Gasteiger partial charge is 0.355 e. The molecule has 0 saturated heterocycles. The Kier molecular flexibility index (Phi) is 6.10. The van der Waals surface area contributed by atoms with Gasteiger partial charge in [-0.25, -0.2) is 0 Å². The standard InChI is InChI=1S/C36H26N2O2S/c1-21-15-17-25(18-16-21)41-36-28-20-29(37-24-12-8-9-22(2)19-24)30-31(33(28)38-32(36)23-10-4-3-5-11-23)35(40)27-14-7-6-13-26(27)34(30)39/h3-20,37-38H,1-2H3. The van der Waals surface area contributed by atoms with Crippen molar-refractivity contribution in [3.8, 4) is 11.3 Å². The van der Waals surface area contributed by atoms with E-state index < -0.39 is 0 Å². The summed E-state index contributed by atoms with van der Waals surface area (Å²) in [5.41, 5.74) is 8.05. The summed E-state index contributed by atoms with van der Waals surface area (Å²) in [6.07, 6.45) is 0. The van der Waals surface area contributed by atoms with Gasteiger partial charge in [-0.2, -0.15) is 0 Å². The minimum absolute atomic E-state index is 0.152. The van der Waals surface area contributed by atoms with Gasteiger partial charge in [-0.15, -0.1) is 0 Å². The van der Waals surface area contributed by atoms with Gasteiger partial charge >= 0.3 is 0 Å². The first-order valence-corrected chi connectivity index (χ1v) is 14.3. The van der Waals surface area contributed by atoms with Crippen LogP contribution in [0.5, 0.6) is 0 Å². The molecule has 2 N–H and O–H groups in total. The molecule has 0 saturated carbocycles. The summed E-state index contributed by atoms with van der Waals surface area (Å²) in [6, 6.07) is 35.7. The summed E-state index contributed by atoms with van der Waals surface area (Å²) in [7, 11) is 0. The van der Waals surface area contributed by atoms with Gasteiger partial charge in [0.25, 0.3) is 0 Å². The Morgan fingerprint density at radius 2 is 1.34 bits per heavy atom. The monoisotopic (exact) mass is 550 g/mol. The average molecular weight is 551 g/mol. The SMILES string of the molecule is Cc1ccc(Sc2c(-c3ccccc3)[nH]c3c4c(c(Nc5cccc(C)c5)cc23)C(=O)c2ccccc2C4=O)cc1. The Hall–Kier alpha value is -4.87. The van der Waals surface area contributed by atoms with Crippen LogP contribution in [0.4, 0.5) is 11.4 Å². The molecule has 5 heteroatoms. The van der Waals surface area contributed by atoms with E-state index in [0.717, 1.165) is 37.7 Å². The molecular formula is C36H26N2O2S. The molecule has 4 nitrogen and oxygen atoms in total. The van der Waals surface area contributed by atoms with Crippen LogP contribution < -0.4 is 5.32 Å². The molecule has 0 spiro atoms. The maximum absolute atomic E-state index is 14.2. The molecule has 7 rings (SSSR count). The van der Waals surface area contributed by atoms with Crippen molar-refractivity contribution in [3.05, 3.63) is 143 Å². The molecule has 0 unspecified atom stereocenters. The topological polar surface area (TPSA) is 62.0 Å². The molecule has 1 aliphatic carbocycles. The van der Waals surface area contributed by atoms with Gasteiger partial charge in [0.2, 0.25) is 0 Å². The van der Waals surface area contributed by atoms with Gasteiger partial charge in [-0.3, -0.25) is 9.59 Å². The van der Waals surface area contributed by atoms with Crippen molar-refractivity contribution in [2.45, 2.75) is 23.6 Å². The predicted molar refractivity (Wildman–Crippen MR) is 167 cm³/mol. The number of rotatable bonds is 5. The van der Waals surface area contributed by atoms with Crippen LogP contribution in [-0.2, 0) is 0 Å². The maximum Gasteiger partial charge on any atom is 0.196 e. The summed E-state index contributed by atoms with van der Waals surface area (Å²) in [5, 5.41) is 4.39. The zero-order valence-corrected chi connectivity index (χ0v) is 23.4. The van der Waals surface area contributed by atoms with Crippen LogP contribution in [0.3, 0.4) is 0 Å². The van der Waals surface area contributed by atoms with Crippen molar-refractivity contribution in [2.24, 2.45) is 0 Å². The average Bonchev–Trinajstić information content (AvgIpc) is 3.34. The van der Waals surface area contributed by atoms with Gasteiger partial charge in [0.05, 0.1) is 28.0 Å². The number of carbonyl (C=O) groups excluding carboxylic acids is 2. The van der Waals surface area contributed by atoms with Gasteiger partial charge in [0, 0.05) is 32.0 Å². The number of aromatic amines is 1. The molecule has 6 aromatic rings. The van der Waals surface area contributed by atoms with Crippen LogP contribution >= 0.6 is 11.8 Å². The number of fused-ring (bicyclic) bond motifs is 4.